The number of hydrogen-bond acceptors (Lipinski definition) is 6. The molecule has 0 bridgehead atoms. The molecule has 2 aromatic carbocycles. The summed E-state index contributed by atoms with van der Waals surface area (Å²) in [7, 11) is 0. The Labute approximate surface area is 162 Å². The van der Waals surface area contributed by atoms with E-state index in [-0.39, 0.29) is 5.69 Å². The fourth-order valence-corrected chi connectivity index (χ4v) is 2.30. The number of anilines is 1. The Morgan fingerprint density at radius 1 is 1.04 bits per heavy atom. The van der Waals surface area contributed by atoms with Crippen LogP contribution in [0.25, 0.3) is 0 Å². The van der Waals surface area contributed by atoms with E-state index in [4.69, 9.17) is 9.47 Å². The summed E-state index contributed by atoms with van der Waals surface area (Å²) in [5.41, 5.74) is 1.68. The Balaban J connectivity index is 1.50. The summed E-state index contributed by atoms with van der Waals surface area (Å²) in [6.07, 6.45) is 3.12. The first kappa shape index (κ1) is 19.0. The van der Waals surface area contributed by atoms with Crippen LogP contribution in [0, 0.1) is 0 Å². The number of ether oxygens (including phenoxy) is 2. The Morgan fingerprint density at radius 2 is 1.79 bits per heavy atom. The number of amides is 1. The largest absolute Gasteiger partial charge is 0.489 e. The highest BCUT2D eigenvalue weighted by atomic mass is 16.5. The molecule has 0 spiro atoms. The molecule has 0 aliphatic heterocycles. The molecule has 1 heterocycles. The Hall–Kier alpha value is -3.74. The van der Waals surface area contributed by atoms with E-state index >= 15 is 0 Å². The van der Waals surface area contributed by atoms with E-state index in [2.05, 4.69) is 15.3 Å². The SMILES string of the molecule is C[C@H](OC(=O)c1cnccn1)C(=O)Nc1ccc(OCc2ccccc2)cc1. The molecule has 1 aromatic heterocycles. The third-order valence-electron chi connectivity index (χ3n) is 3.80. The van der Waals surface area contributed by atoms with E-state index in [0.717, 1.165) is 5.56 Å². The number of esters is 1. The molecule has 0 saturated carbocycles. The molecule has 1 atom stereocenters. The average Bonchev–Trinajstić information content (AvgIpc) is 2.74. The van der Waals surface area contributed by atoms with E-state index in [1.807, 2.05) is 30.3 Å². The average molecular weight is 377 g/mol. The van der Waals surface area contributed by atoms with Crippen LogP contribution < -0.4 is 10.1 Å². The van der Waals surface area contributed by atoms with E-state index < -0.39 is 18.0 Å². The summed E-state index contributed by atoms with van der Waals surface area (Å²) in [5, 5.41) is 2.69. The highest BCUT2D eigenvalue weighted by molar-refractivity contribution is 5.96. The maximum atomic E-state index is 12.2. The molecule has 7 nitrogen and oxygen atoms in total. The number of nitrogens with zero attached hydrogens (tertiary/aromatic N) is 2. The summed E-state index contributed by atoms with van der Waals surface area (Å²) >= 11 is 0. The molecule has 1 N–H and O–H groups in total. The number of carbonyl (C=O) groups is 2. The van der Waals surface area contributed by atoms with Gasteiger partial charge in [0.25, 0.3) is 5.91 Å². The zero-order chi connectivity index (χ0) is 19.8. The fourth-order valence-electron chi connectivity index (χ4n) is 2.30. The van der Waals surface area contributed by atoms with Crippen molar-refractivity contribution in [3.63, 3.8) is 0 Å². The summed E-state index contributed by atoms with van der Waals surface area (Å²) in [6, 6.07) is 16.8. The Bertz CT molecular complexity index is 915. The lowest BCUT2D eigenvalue weighted by Gasteiger charge is -2.13. The Kier molecular flexibility index (Phi) is 6.30. The minimum absolute atomic E-state index is 0.0436. The lowest BCUT2D eigenvalue weighted by atomic mass is 10.2. The first-order valence-electron chi connectivity index (χ1n) is 8.66. The zero-order valence-corrected chi connectivity index (χ0v) is 15.2. The summed E-state index contributed by atoms with van der Waals surface area (Å²) in [5.74, 6) is -0.473. The van der Waals surface area contributed by atoms with Gasteiger partial charge in [0.1, 0.15) is 12.4 Å². The van der Waals surface area contributed by atoms with Crippen LogP contribution in [-0.4, -0.2) is 27.9 Å². The van der Waals surface area contributed by atoms with Crippen molar-refractivity contribution in [2.75, 3.05) is 5.32 Å². The predicted molar refractivity (Wildman–Crippen MR) is 103 cm³/mol. The van der Waals surface area contributed by atoms with Crippen LogP contribution in [0.2, 0.25) is 0 Å². The van der Waals surface area contributed by atoms with Crippen LogP contribution in [0.5, 0.6) is 5.75 Å². The monoisotopic (exact) mass is 377 g/mol. The molecular weight excluding hydrogens is 358 g/mol. The van der Waals surface area contributed by atoms with Gasteiger partial charge < -0.3 is 14.8 Å². The molecule has 0 fully saturated rings. The van der Waals surface area contributed by atoms with Crippen molar-refractivity contribution >= 4 is 17.6 Å². The topological polar surface area (TPSA) is 90.4 Å². The van der Waals surface area contributed by atoms with Crippen LogP contribution in [0.1, 0.15) is 23.0 Å². The molecule has 0 radical (unpaired) electrons. The maximum Gasteiger partial charge on any atom is 0.359 e. The predicted octanol–water partition coefficient (Wildman–Crippen LogP) is 3.24. The highest BCUT2D eigenvalue weighted by Gasteiger charge is 2.19. The number of carbonyl (C=O) groups excluding carboxylic acids is 2. The summed E-state index contributed by atoms with van der Waals surface area (Å²) in [4.78, 5) is 31.8. The van der Waals surface area contributed by atoms with Crippen LogP contribution in [0.15, 0.2) is 73.2 Å². The number of aromatic nitrogens is 2. The van der Waals surface area contributed by atoms with Gasteiger partial charge in [0.15, 0.2) is 11.8 Å². The van der Waals surface area contributed by atoms with Gasteiger partial charge in [-0.15, -0.1) is 0 Å². The van der Waals surface area contributed by atoms with Crippen molar-refractivity contribution in [1.29, 1.82) is 0 Å². The molecule has 0 unspecified atom stereocenters. The molecule has 28 heavy (non-hydrogen) atoms. The second kappa shape index (κ2) is 9.27. The first-order chi connectivity index (χ1) is 13.6. The lowest BCUT2D eigenvalue weighted by molar-refractivity contribution is -0.123. The van der Waals surface area contributed by atoms with Crippen LogP contribution >= 0.6 is 0 Å². The van der Waals surface area contributed by atoms with Crippen LogP contribution in [0.4, 0.5) is 5.69 Å². The minimum atomic E-state index is -0.983. The first-order valence-corrected chi connectivity index (χ1v) is 8.66. The van der Waals surface area contributed by atoms with E-state index in [1.54, 1.807) is 24.3 Å². The van der Waals surface area contributed by atoms with Gasteiger partial charge >= 0.3 is 5.97 Å². The molecule has 0 aliphatic rings. The molecule has 142 valence electrons. The minimum Gasteiger partial charge on any atom is -0.489 e. The Morgan fingerprint density at radius 3 is 2.46 bits per heavy atom. The highest BCUT2D eigenvalue weighted by Crippen LogP contribution is 2.17. The molecular formula is C21H19N3O4. The molecule has 3 aromatic rings. The van der Waals surface area contributed by atoms with Crippen LogP contribution in [-0.2, 0) is 16.1 Å². The second-order valence-corrected chi connectivity index (χ2v) is 5.93. The normalized spacial score (nSPS) is 11.3. The molecule has 0 aliphatic carbocycles. The van der Waals surface area contributed by atoms with Gasteiger partial charge in [-0.1, -0.05) is 30.3 Å². The van der Waals surface area contributed by atoms with Crippen molar-refractivity contribution in [1.82, 2.24) is 9.97 Å². The van der Waals surface area contributed by atoms with Gasteiger partial charge in [0.05, 0.1) is 6.20 Å². The van der Waals surface area contributed by atoms with Gasteiger partial charge in [-0.05, 0) is 36.8 Å². The molecule has 1 amide bonds. The van der Waals surface area contributed by atoms with Crippen molar-refractivity contribution in [2.24, 2.45) is 0 Å². The quantitative estimate of drug-likeness (QED) is 0.636. The van der Waals surface area contributed by atoms with E-state index in [0.29, 0.717) is 18.0 Å². The fraction of sp³-hybridized carbons (Fsp3) is 0.143. The number of benzene rings is 2. The zero-order valence-electron chi connectivity index (χ0n) is 15.2. The van der Waals surface area contributed by atoms with Crippen molar-refractivity contribution < 1.29 is 19.1 Å². The number of hydrogen-bond donors (Lipinski definition) is 1. The summed E-state index contributed by atoms with van der Waals surface area (Å²) < 4.78 is 10.8. The molecule has 7 heteroatoms. The van der Waals surface area contributed by atoms with Crippen molar-refractivity contribution in [3.8, 4) is 5.75 Å². The number of rotatable bonds is 7. The molecule has 3 rings (SSSR count). The summed E-state index contributed by atoms with van der Waals surface area (Å²) in [6.45, 7) is 1.95. The van der Waals surface area contributed by atoms with Crippen molar-refractivity contribution in [2.45, 2.75) is 19.6 Å². The second-order valence-electron chi connectivity index (χ2n) is 5.93. The smallest absolute Gasteiger partial charge is 0.359 e. The van der Waals surface area contributed by atoms with Gasteiger partial charge in [0, 0.05) is 18.1 Å². The van der Waals surface area contributed by atoms with Gasteiger partial charge in [-0.3, -0.25) is 9.78 Å². The van der Waals surface area contributed by atoms with Gasteiger partial charge in [-0.2, -0.15) is 0 Å². The van der Waals surface area contributed by atoms with Crippen LogP contribution in [0.3, 0.4) is 0 Å². The third-order valence-corrected chi connectivity index (χ3v) is 3.80. The third kappa shape index (κ3) is 5.38. The maximum absolute atomic E-state index is 12.2. The standard InChI is InChI=1S/C21H19N3O4/c1-15(28-21(26)19-13-22-11-12-23-19)20(25)24-17-7-9-18(10-8-17)27-14-16-5-3-2-4-6-16/h2-13,15H,14H2,1H3,(H,24,25)/t15-/m0/s1. The van der Waals surface area contributed by atoms with Gasteiger partial charge in [0.2, 0.25) is 0 Å². The molecule has 0 saturated heterocycles. The van der Waals surface area contributed by atoms with E-state index in [1.165, 1.54) is 25.5 Å². The number of nitrogens with one attached hydrogen (secondary N) is 1. The van der Waals surface area contributed by atoms with E-state index in [9.17, 15) is 9.59 Å². The lowest BCUT2D eigenvalue weighted by Crippen LogP contribution is -2.30. The van der Waals surface area contributed by atoms with Crippen molar-refractivity contribution in [3.05, 3.63) is 84.4 Å². The van der Waals surface area contributed by atoms with Gasteiger partial charge in [-0.25, -0.2) is 9.78 Å².